The number of fused-ring (bicyclic) bond motifs is 1. The summed E-state index contributed by atoms with van der Waals surface area (Å²) in [6.07, 6.45) is -3.54. The van der Waals surface area contributed by atoms with Crippen LogP contribution in [0.25, 0.3) is 10.9 Å². The van der Waals surface area contributed by atoms with Crippen LogP contribution in [0.15, 0.2) is 24.4 Å². The highest BCUT2D eigenvalue weighted by Gasteiger charge is 2.31. The Hall–Kier alpha value is -2.51. The molecule has 0 atom stereocenters. The molecule has 0 bridgehead atoms. The molecule has 21 heavy (non-hydrogen) atoms. The monoisotopic (exact) mass is 301 g/mol. The summed E-state index contributed by atoms with van der Waals surface area (Å²) in [6, 6.07) is 3.42. The molecule has 0 saturated carbocycles. The van der Waals surface area contributed by atoms with Crippen LogP contribution in [0.4, 0.5) is 13.2 Å². The summed E-state index contributed by atoms with van der Waals surface area (Å²) in [5, 5.41) is 9.02. The Balaban J connectivity index is 2.56. The molecule has 0 fully saturated rings. The number of carbonyl (C=O) groups excluding carboxylic acids is 1. The van der Waals surface area contributed by atoms with Gasteiger partial charge in [-0.25, -0.2) is 0 Å². The molecule has 0 saturated heterocycles. The first-order valence-corrected chi connectivity index (χ1v) is 5.79. The maximum absolute atomic E-state index is 12.2. The number of carbonyl (C=O) groups is 2. The zero-order valence-corrected chi connectivity index (χ0v) is 10.8. The van der Waals surface area contributed by atoms with E-state index >= 15 is 0 Å². The van der Waals surface area contributed by atoms with Crippen molar-refractivity contribution in [3.63, 3.8) is 0 Å². The van der Waals surface area contributed by atoms with E-state index in [2.05, 4.69) is 4.74 Å². The van der Waals surface area contributed by atoms with Crippen LogP contribution in [0, 0.1) is 0 Å². The summed E-state index contributed by atoms with van der Waals surface area (Å²) in [5.41, 5.74) is 0.482. The standard InChI is InChI=1S/C13H10F3NO4/c1-7(18)10-5-17(6-12(19)20)11-3-2-8(4-9(10)11)21-13(14,15)16/h2-5H,6H2,1H3,(H,19,20). The van der Waals surface area contributed by atoms with Gasteiger partial charge in [-0.15, -0.1) is 13.2 Å². The quantitative estimate of drug-likeness (QED) is 0.882. The number of carboxylic acid groups (broad SMARTS) is 1. The first kappa shape index (κ1) is 14.9. The van der Waals surface area contributed by atoms with E-state index in [1.54, 1.807) is 0 Å². The molecule has 8 heteroatoms. The second-order valence-corrected chi connectivity index (χ2v) is 4.35. The average molecular weight is 301 g/mol. The number of rotatable bonds is 4. The van der Waals surface area contributed by atoms with E-state index in [1.165, 1.54) is 23.8 Å². The largest absolute Gasteiger partial charge is 0.573 e. The Labute approximate surface area is 116 Å². The molecule has 2 rings (SSSR count). The molecule has 0 aliphatic carbocycles. The van der Waals surface area contributed by atoms with Crippen molar-refractivity contribution in [1.82, 2.24) is 4.57 Å². The molecule has 112 valence electrons. The number of ether oxygens (including phenoxy) is 1. The normalized spacial score (nSPS) is 11.6. The van der Waals surface area contributed by atoms with E-state index < -0.39 is 24.6 Å². The van der Waals surface area contributed by atoms with Gasteiger partial charge < -0.3 is 14.4 Å². The number of nitrogens with zero attached hydrogens (tertiary/aromatic N) is 1. The van der Waals surface area contributed by atoms with Gasteiger partial charge in [-0.3, -0.25) is 9.59 Å². The lowest BCUT2D eigenvalue weighted by Gasteiger charge is -2.09. The Morgan fingerprint density at radius 2 is 2.00 bits per heavy atom. The van der Waals surface area contributed by atoms with Gasteiger partial charge in [0.1, 0.15) is 12.3 Å². The van der Waals surface area contributed by atoms with Crippen molar-refractivity contribution < 1.29 is 32.6 Å². The van der Waals surface area contributed by atoms with Crippen LogP contribution in [0.5, 0.6) is 5.75 Å². The van der Waals surface area contributed by atoms with E-state index in [0.717, 1.165) is 12.1 Å². The third-order valence-electron chi connectivity index (χ3n) is 2.77. The first-order valence-electron chi connectivity index (χ1n) is 5.79. The van der Waals surface area contributed by atoms with Crippen LogP contribution < -0.4 is 4.74 Å². The summed E-state index contributed by atoms with van der Waals surface area (Å²) in [7, 11) is 0. The predicted molar refractivity (Wildman–Crippen MR) is 66.3 cm³/mol. The molecule has 2 aromatic rings. The smallest absolute Gasteiger partial charge is 0.480 e. The minimum Gasteiger partial charge on any atom is -0.480 e. The number of Topliss-reactive ketones (excluding diaryl/α,β-unsaturated/α-hetero) is 1. The minimum atomic E-state index is -4.84. The van der Waals surface area contributed by atoms with Gasteiger partial charge in [0.2, 0.25) is 0 Å². The van der Waals surface area contributed by atoms with Crippen molar-refractivity contribution in [3.8, 4) is 5.75 Å². The third-order valence-corrected chi connectivity index (χ3v) is 2.77. The first-order chi connectivity index (χ1) is 9.67. The fourth-order valence-electron chi connectivity index (χ4n) is 2.03. The number of aliphatic carboxylic acids is 1. The summed E-state index contributed by atoms with van der Waals surface area (Å²) in [6.45, 7) is 0.848. The molecule has 0 amide bonds. The van der Waals surface area contributed by atoms with E-state index in [1.807, 2.05) is 0 Å². The zero-order chi connectivity index (χ0) is 15.8. The number of hydrogen-bond donors (Lipinski definition) is 1. The number of alkyl halides is 3. The maximum atomic E-state index is 12.2. The Morgan fingerprint density at radius 3 is 2.52 bits per heavy atom. The van der Waals surface area contributed by atoms with Crippen molar-refractivity contribution in [2.24, 2.45) is 0 Å². The lowest BCUT2D eigenvalue weighted by molar-refractivity contribution is -0.274. The lowest BCUT2D eigenvalue weighted by atomic mass is 10.1. The molecule has 1 aromatic carbocycles. The molecule has 0 aliphatic rings. The summed E-state index contributed by atoms with van der Waals surface area (Å²) in [5.74, 6) is -1.98. The van der Waals surface area contributed by atoms with E-state index in [0.29, 0.717) is 5.52 Å². The number of ketones is 1. The molecule has 1 aromatic heterocycles. The van der Waals surface area contributed by atoms with Crippen LogP contribution in [-0.2, 0) is 11.3 Å². The topological polar surface area (TPSA) is 68.5 Å². The summed E-state index contributed by atoms with van der Waals surface area (Å²) >= 11 is 0. The summed E-state index contributed by atoms with van der Waals surface area (Å²) in [4.78, 5) is 22.3. The van der Waals surface area contributed by atoms with Crippen LogP contribution in [0.3, 0.4) is 0 Å². The van der Waals surface area contributed by atoms with Gasteiger partial charge in [0, 0.05) is 22.7 Å². The van der Waals surface area contributed by atoms with Gasteiger partial charge in [0.15, 0.2) is 5.78 Å². The number of halogens is 3. The van der Waals surface area contributed by atoms with Gasteiger partial charge in [0.05, 0.1) is 0 Å². The van der Waals surface area contributed by atoms with Crippen LogP contribution in [-0.4, -0.2) is 27.8 Å². The second kappa shape index (κ2) is 5.12. The molecule has 0 spiro atoms. The fraction of sp³-hybridized carbons (Fsp3) is 0.231. The summed E-state index contributed by atoms with van der Waals surface area (Å²) < 4.78 is 41.7. The van der Waals surface area contributed by atoms with Crippen molar-refractivity contribution in [2.45, 2.75) is 19.8 Å². The van der Waals surface area contributed by atoms with E-state index in [4.69, 9.17) is 5.11 Å². The minimum absolute atomic E-state index is 0.138. The average Bonchev–Trinajstić information content (AvgIpc) is 2.64. The SMILES string of the molecule is CC(=O)c1cn(CC(=O)O)c2ccc(OC(F)(F)F)cc12. The Morgan fingerprint density at radius 1 is 1.33 bits per heavy atom. The number of benzene rings is 1. The van der Waals surface area contributed by atoms with Crippen molar-refractivity contribution in [2.75, 3.05) is 0 Å². The van der Waals surface area contributed by atoms with Crippen LogP contribution in [0.1, 0.15) is 17.3 Å². The third kappa shape index (κ3) is 3.33. The lowest BCUT2D eigenvalue weighted by Crippen LogP contribution is -2.17. The zero-order valence-electron chi connectivity index (χ0n) is 10.8. The predicted octanol–water partition coefficient (Wildman–Crippen LogP) is 2.83. The molecule has 1 heterocycles. The van der Waals surface area contributed by atoms with Crippen molar-refractivity contribution >= 4 is 22.7 Å². The van der Waals surface area contributed by atoms with Gasteiger partial charge in [0.25, 0.3) is 0 Å². The van der Waals surface area contributed by atoms with Crippen molar-refractivity contribution in [3.05, 3.63) is 30.0 Å². The Kier molecular flexibility index (Phi) is 3.63. The fourth-order valence-corrected chi connectivity index (χ4v) is 2.03. The molecular formula is C13H10F3NO4. The highest BCUT2D eigenvalue weighted by atomic mass is 19.4. The molecule has 5 nitrogen and oxygen atoms in total. The van der Waals surface area contributed by atoms with Crippen molar-refractivity contribution in [1.29, 1.82) is 0 Å². The second-order valence-electron chi connectivity index (χ2n) is 4.35. The van der Waals surface area contributed by atoms with Gasteiger partial charge in [-0.1, -0.05) is 0 Å². The molecular weight excluding hydrogens is 291 g/mol. The molecule has 0 radical (unpaired) electrons. The van der Waals surface area contributed by atoms with E-state index in [-0.39, 0.29) is 16.7 Å². The van der Waals surface area contributed by atoms with Crippen LogP contribution >= 0.6 is 0 Å². The molecule has 1 N–H and O–H groups in total. The molecule has 0 unspecified atom stereocenters. The highest BCUT2D eigenvalue weighted by Crippen LogP contribution is 2.29. The highest BCUT2D eigenvalue weighted by molar-refractivity contribution is 6.07. The number of aromatic nitrogens is 1. The number of hydrogen-bond acceptors (Lipinski definition) is 3. The van der Waals surface area contributed by atoms with Crippen LogP contribution in [0.2, 0.25) is 0 Å². The molecule has 0 aliphatic heterocycles. The van der Waals surface area contributed by atoms with Gasteiger partial charge in [-0.05, 0) is 25.1 Å². The number of carboxylic acids is 1. The Bertz CT molecular complexity index is 718. The van der Waals surface area contributed by atoms with Gasteiger partial charge >= 0.3 is 12.3 Å². The van der Waals surface area contributed by atoms with E-state index in [9.17, 15) is 22.8 Å². The van der Waals surface area contributed by atoms with Gasteiger partial charge in [-0.2, -0.15) is 0 Å². The maximum Gasteiger partial charge on any atom is 0.573 e.